The molecule has 0 N–H and O–H groups in total. The average Bonchev–Trinajstić information content (AvgIpc) is 3.03. The van der Waals surface area contributed by atoms with Gasteiger partial charge in [0.25, 0.3) is 0 Å². The maximum atomic E-state index is 6.24. The van der Waals surface area contributed by atoms with Crippen molar-refractivity contribution >= 4 is 35.6 Å². The van der Waals surface area contributed by atoms with Crippen LogP contribution in [0.4, 0.5) is 0 Å². The summed E-state index contributed by atoms with van der Waals surface area (Å²) in [5.41, 5.74) is 2.95. The van der Waals surface area contributed by atoms with Gasteiger partial charge in [0, 0.05) is 0 Å². The molecule has 0 amide bonds. The molecular weight excluding hydrogens is 466 g/mol. The Balaban J connectivity index is 2.32. The Hall–Kier alpha value is -0.755. The summed E-state index contributed by atoms with van der Waals surface area (Å²) >= 11 is 1.94. The third-order valence-corrected chi connectivity index (χ3v) is 5.12. The Bertz CT molecular complexity index is 646. The van der Waals surface area contributed by atoms with Gasteiger partial charge in [-0.15, -0.1) is 0 Å². The van der Waals surface area contributed by atoms with Crippen LogP contribution >= 0.6 is 23.0 Å². The molecule has 1 aromatic carbocycles. The molecule has 1 aromatic rings. The summed E-state index contributed by atoms with van der Waals surface area (Å²) in [5.74, 6) is 1.61. The Morgan fingerprint density at radius 1 is 1.04 bits per heavy atom. The molecule has 156 valence electrons. The van der Waals surface area contributed by atoms with Gasteiger partial charge in [-0.1, -0.05) is 0 Å². The van der Waals surface area contributed by atoms with Gasteiger partial charge in [0.15, 0.2) is 0 Å². The van der Waals surface area contributed by atoms with Crippen molar-refractivity contribution in [2.75, 3.05) is 19.8 Å². The van der Waals surface area contributed by atoms with E-state index in [-0.39, 0.29) is 5.31 Å². The minimum atomic E-state index is 0.0370. The SMILES string of the molecule is CCCCCOc1ccc(C2=BC(C)(C)CO2)c(COI)c1OCCCCC. The molecule has 1 heterocycles. The van der Waals surface area contributed by atoms with Crippen LogP contribution in [-0.4, -0.2) is 32.4 Å². The van der Waals surface area contributed by atoms with Gasteiger partial charge in [0.05, 0.1) is 0 Å². The number of halogens is 1. The fourth-order valence-electron chi connectivity index (χ4n) is 3.22. The van der Waals surface area contributed by atoms with E-state index in [9.17, 15) is 0 Å². The van der Waals surface area contributed by atoms with Gasteiger partial charge in [-0.3, -0.25) is 0 Å². The van der Waals surface area contributed by atoms with E-state index in [0.29, 0.717) is 26.4 Å². The normalized spacial score (nSPS) is 15.0. The van der Waals surface area contributed by atoms with Crippen LogP contribution in [0.5, 0.6) is 11.5 Å². The fraction of sp³-hybridized carbons (Fsp3) is 0.682. The van der Waals surface area contributed by atoms with Crippen molar-refractivity contribution in [3.05, 3.63) is 23.3 Å². The third kappa shape index (κ3) is 6.94. The minimum absolute atomic E-state index is 0.0370. The summed E-state index contributed by atoms with van der Waals surface area (Å²) in [6.45, 7) is 13.5. The van der Waals surface area contributed by atoms with Crippen molar-refractivity contribution < 1.29 is 17.3 Å². The molecule has 0 saturated carbocycles. The molecule has 0 radical (unpaired) electrons. The summed E-state index contributed by atoms with van der Waals surface area (Å²) in [5, 5.41) is 0.0370. The van der Waals surface area contributed by atoms with Gasteiger partial charge < -0.3 is 0 Å². The zero-order chi connectivity index (χ0) is 20.4. The Kier molecular flexibility index (Phi) is 10.1. The first-order valence-electron chi connectivity index (χ1n) is 10.5. The average molecular weight is 500 g/mol. The third-order valence-electron chi connectivity index (χ3n) is 4.81. The second-order valence-electron chi connectivity index (χ2n) is 8.07. The van der Waals surface area contributed by atoms with Crippen LogP contribution in [0.25, 0.3) is 0 Å². The molecular formula is C22H34BIO4. The number of hydrogen-bond acceptors (Lipinski definition) is 4. The predicted molar refractivity (Wildman–Crippen MR) is 125 cm³/mol. The number of benzene rings is 1. The zero-order valence-electron chi connectivity index (χ0n) is 17.8. The van der Waals surface area contributed by atoms with E-state index in [2.05, 4.69) is 40.7 Å². The molecule has 1 aliphatic rings. The number of hydrogen-bond donors (Lipinski definition) is 0. The molecule has 0 fully saturated rings. The van der Waals surface area contributed by atoms with Gasteiger partial charge in [-0.05, 0) is 0 Å². The van der Waals surface area contributed by atoms with Crippen LogP contribution in [-0.2, 0) is 14.4 Å². The number of unbranched alkanes of at least 4 members (excludes halogenated alkanes) is 4. The van der Waals surface area contributed by atoms with Crippen LogP contribution < -0.4 is 9.47 Å². The van der Waals surface area contributed by atoms with Gasteiger partial charge in [0.1, 0.15) is 0 Å². The molecule has 0 aliphatic carbocycles. The Morgan fingerprint density at radius 2 is 1.71 bits per heavy atom. The number of ether oxygens (including phenoxy) is 3. The van der Waals surface area contributed by atoms with E-state index in [0.717, 1.165) is 47.5 Å². The molecule has 0 spiro atoms. The standard InChI is InChI=1S/C22H34BIO4/c1-5-7-9-13-25-19-12-11-17(21-23-22(3,4)16-27-21)18(15-28-24)20(19)26-14-10-8-6-2/h11-12H,5-10,13-16H2,1-4H3. The molecule has 4 nitrogen and oxygen atoms in total. The molecule has 28 heavy (non-hydrogen) atoms. The molecule has 0 atom stereocenters. The topological polar surface area (TPSA) is 36.9 Å². The van der Waals surface area contributed by atoms with Crippen LogP contribution in [0.2, 0.25) is 5.31 Å². The summed E-state index contributed by atoms with van der Waals surface area (Å²) in [6, 6.07) is 4.09. The van der Waals surface area contributed by atoms with Crippen LogP contribution in [0.3, 0.4) is 0 Å². The Morgan fingerprint density at radius 3 is 2.29 bits per heavy atom. The van der Waals surface area contributed by atoms with Crippen molar-refractivity contribution in [3.8, 4) is 11.5 Å². The molecule has 0 aromatic heterocycles. The van der Waals surface area contributed by atoms with Gasteiger partial charge in [-0.2, -0.15) is 0 Å². The van der Waals surface area contributed by atoms with Crippen molar-refractivity contribution in [2.24, 2.45) is 0 Å². The van der Waals surface area contributed by atoms with Crippen LogP contribution in [0.15, 0.2) is 12.1 Å². The van der Waals surface area contributed by atoms with Gasteiger partial charge in [-0.25, -0.2) is 0 Å². The molecule has 0 saturated heterocycles. The predicted octanol–water partition coefficient (Wildman–Crippen LogP) is 6.10. The first-order valence-corrected chi connectivity index (χ1v) is 11.4. The maximum absolute atomic E-state index is 6.24. The van der Waals surface area contributed by atoms with Crippen molar-refractivity contribution in [1.82, 2.24) is 0 Å². The van der Waals surface area contributed by atoms with Crippen molar-refractivity contribution in [2.45, 2.75) is 78.1 Å². The molecule has 0 unspecified atom stereocenters. The first kappa shape index (κ1) is 23.5. The number of rotatable bonds is 13. The van der Waals surface area contributed by atoms with E-state index in [4.69, 9.17) is 17.3 Å². The summed E-state index contributed by atoms with van der Waals surface area (Å²) < 4.78 is 23.8. The Labute approximate surface area is 185 Å². The van der Waals surface area contributed by atoms with E-state index < -0.39 is 0 Å². The van der Waals surface area contributed by atoms with Crippen molar-refractivity contribution in [3.63, 3.8) is 0 Å². The quantitative estimate of drug-likeness (QED) is 0.186. The summed E-state index contributed by atoms with van der Waals surface area (Å²) in [4.78, 5) is 0. The zero-order valence-corrected chi connectivity index (χ0v) is 20.0. The van der Waals surface area contributed by atoms with Crippen LogP contribution in [0, 0.1) is 0 Å². The van der Waals surface area contributed by atoms with E-state index >= 15 is 0 Å². The van der Waals surface area contributed by atoms with Crippen LogP contribution in [0.1, 0.15) is 77.3 Å². The summed E-state index contributed by atoms with van der Waals surface area (Å²) in [7, 11) is 0. The monoisotopic (exact) mass is 500 g/mol. The first-order chi connectivity index (χ1) is 13.5. The summed E-state index contributed by atoms with van der Waals surface area (Å²) in [6.07, 6.45) is 6.76. The van der Waals surface area contributed by atoms with Gasteiger partial charge >= 0.3 is 186 Å². The van der Waals surface area contributed by atoms with E-state index in [1.807, 2.05) is 29.1 Å². The molecule has 6 heteroatoms. The molecule has 0 bridgehead atoms. The van der Waals surface area contributed by atoms with Gasteiger partial charge in [0.2, 0.25) is 0 Å². The van der Waals surface area contributed by atoms with E-state index in [1.54, 1.807) is 0 Å². The second kappa shape index (κ2) is 12.1. The second-order valence-corrected chi connectivity index (χ2v) is 8.69. The van der Waals surface area contributed by atoms with E-state index in [1.165, 1.54) is 19.3 Å². The molecule has 1 aliphatic heterocycles. The molecule has 2 rings (SSSR count). The van der Waals surface area contributed by atoms with Crippen molar-refractivity contribution in [1.29, 1.82) is 0 Å². The fourth-order valence-corrected chi connectivity index (χ4v) is 3.54.